The number of aryl methyl sites for hydroxylation is 1. The van der Waals surface area contributed by atoms with Gasteiger partial charge >= 0.3 is 0 Å². The Kier molecular flexibility index (Phi) is 5.10. The molecule has 0 unspecified atom stereocenters. The van der Waals surface area contributed by atoms with E-state index in [0.717, 1.165) is 29.8 Å². The number of aliphatic hydroxyl groups excluding tert-OH is 1. The van der Waals surface area contributed by atoms with Gasteiger partial charge in [-0.25, -0.2) is 4.98 Å². The van der Waals surface area contributed by atoms with Crippen molar-refractivity contribution in [1.29, 1.82) is 0 Å². The second-order valence-electron chi connectivity index (χ2n) is 4.64. The summed E-state index contributed by atoms with van der Waals surface area (Å²) >= 11 is 1.89. The largest absolute Gasteiger partial charge is 0.399 e. The highest BCUT2D eigenvalue weighted by Crippen LogP contribution is 2.20. The molecule has 0 radical (unpaired) electrons. The van der Waals surface area contributed by atoms with Crippen molar-refractivity contribution in [2.75, 3.05) is 17.7 Å². The second kappa shape index (κ2) is 6.82. The van der Waals surface area contributed by atoms with E-state index in [9.17, 15) is 5.11 Å². The Hall–Kier alpha value is -1.20. The SMILES string of the molecule is CSCCCCCn1c(CO)nc2cc(N)ccc21. The van der Waals surface area contributed by atoms with Crippen molar-refractivity contribution in [2.45, 2.75) is 32.4 Å². The lowest BCUT2D eigenvalue weighted by Gasteiger charge is -2.07. The Morgan fingerprint density at radius 3 is 2.89 bits per heavy atom. The minimum Gasteiger partial charge on any atom is -0.399 e. The number of hydrogen-bond acceptors (Lipinski definition) is 4. The van der Waals surface area contributed by atoms with Crippen LogP contribution in [0, 0.1) is 0 Å². The maximum Gasteiger partial charge on any atom is 0.135 e. The van der Waals surface area contributed by atoms with Crippen LogP contribution in [-0.4, -0.2) is 26.7 Å². The third-order valence-electron chi connectivity index (χ3n) is 3.22. The van der Waals surface area contributed by atoms with Crippen molar-refractivity contribution in [1.82, 2.24) is 9.55 Å². The predicted molar refractivity (Wildman–Crippen MR) is 82.3 cm³/mol. The molecule has 1 aromatic heterocycles. The highest BCUT2D eigenvalue weighted by molar-refractivity contribution is 7.98. The number of hydrogen-bond donors (Lipinski definition) is 2. The molecular weight excluding hydrogens is 258 g/mol. The number of imidazole rings is 1. The molecule has 0 atom stereocenters. The lowest BCUT2D eigenvalue weighted by molar-refractivity contribution is 0.265. The lowest BCUT2D eigenvalue weighted by Crippen LogP contribution is -2.04. The van der Waals surface area contributed by atoms with Gasteiger partial charge in [0.25, 0.3) is 0 Å². The summed E-state index contributed by atoms with van der Waals surface area (Å²) in [5.74, 6) is 1.94. The van der Waals surface area contributed by atoms with Gasteiger partial charge in [-0.3, -0.25) is 0 Å². The number of unbranched alkanes of at least 4 members (excludes halogenated alkanes) is 2. The molecule has 5 heteroatoms. The zero-order chi connectivity index (χ0) is 13.7. The summed E-state index contributed by atoms with van der Waals surface area (Å²) in [4.78, 5) is 4.44. The smallest absolute Gasteiger partial charge is 0.135 e. The van der Waals surface area contributed by atoms with Crippen LogP contribution >= 0.6 is 11.8 Å². The Labute approximate surface area is 118 Å². The monoisotopic (exact) mass is 279 g/mol. The number of benzene rings is 1. The van der Waals surface area contributed by atoms with E-state index in [1.807, 2.05) is 30.0 Å². The Morgan fingerprint density at radius 1 is 1.32 bits per heavy atom. The normalized spacial score (nSPS) is 11.3. The first-order chi connectivity index (χ1) is 9.26. The second-order valence-corrected chi connectivity index (χ2v) is 5.62. The van der Waals surface area contributed by atoms with E-state index in [2.05, 4.69) is 15.8 Å². The Morgan fingerprint density at radius 2 is 2.16 bits per heavy atom. The molecule has 3 N–H and O–H groups in total. The minimum absolute atomic E-state index is 0.0284. The summed E-state index contributed by atoms with van der Waals surface area (Å²) < 4.78 is 2.11. The van der Waals surface area contributed by atoms with E-state index in [-0.39, 0.29) is 6.61 Å². The maximum atomic E-state index is 9.41. The fourth-order valence-electron chi connectivity index (χ4n) is 2.26. The van der Waals surface area contributed by atoms with Gasteiger partial charge in [0.2, 0.25) is 0 Å². The Balaban J connectivity index is 2.11. The number of nitrogens with zero attached hydrogens (tertiary/aromatic N) is 2. The number of rotatable bonds is 7. The topological polar surface area (TPSA) is 64.1 Å². The molecule has 2 aromatic rings. The Bertz CT molecular complexity index is 539. The van der Waals surface area contributed by atoms with E-state index < -0.39 is 0 Å². The zero-order valence-corrected chi connectivity index (χ0v) is 12.1. The van der Waals surface area contributed by atoms with Gasteiger partial charge in [0.15, 0.2) is 0 Å². The number of aromatic nitrogens is 2. The number of nitrogens with two attached hydrogens (primary N) is 1. The van der Waals surface area contributed by atoms with Gasteiger partial charge in [-0.15, -0.1) is 0 Å². The molecule has 0 aliphatic rings. The van der Waals surface area contributed by atoms with Gasteiger partial charge in [0, 0.05) is 12.2 Å². The molecule has 0 aliphatic carbocycles. The van der Waals surface area contributed by atoms with Crippen LogP contribution in [-0.2, 0) is 13.2 Å². The molecule has 0 bridgehead atoms. The van der Waals surface area contributed by atoms with E-state index in [1.54, 1.807) is 0 Å². The zero-order valence-electron chi connectivity index (χ0n) is 11.3. The molecule has 0 saturated carbocycles. The molecule has 1 aromatic carbocycles. The third-order valence-corrected chi connectivity index (χ3v) is 3.92. The van der Waals surface area contributed by atoms with E-state index in [0.29, 0.717) is 5.69 Å². The van der Waals surface area contributed by atoms with Crippen molar-refractivity contribution in [3.63, 3.8) is 0 Å². The molecule has 2 rings (SSSR count). The van der Waals surface area contributed by atoms with Crippen molar-refractivity contribution in [2.24, 2.45) is 0 Å². The number of aliphatic hydroxyl groups is 1. The van der Waals surface area contributed by atoms with Gasteiger partial charge in [-0.2, -0.15) is 11.8 Å². The van der Waals surface area contributed by atoms with Crippen LogP contribution in [0.1, 0.15) is 25.1 Å². The van der Waals surface area contributed by atoms with Crippen LogP contribution in [0.5, 0.6) is 0 Å². The fraction of sp³-hybridized carbons (Fsp3) is 0.500. The molecule has 0 saturated heterocycles. The van der Waals surface area contributed by atoms with Crippen LogP contribution < -0.4 is 5.73 Å². The highest BCUT2D eigenvalue weighted by Gasteiger charge is 2.09. The van der Waals surface area contributed by atoms with Crippen molar-refractivity contribution in [3.8, 4) is 0 Å². The van der Waals surface area contributed by atoms with E-state index >= 15 is 0 Å². The summed E-state index contributed by atoms with van der Waals surface area (Å²) in [5.41, 5.74) is 8.40. The third kappa shape index (κ3) is 3.42. The molecule has 19 heavy (non-hydrogen) atoms. The lowest BCUT2D eigenvalue weighted by atomic mass is 10.2. The molecule has 0 amide bonds. The first-order valence-electron chi connectivity index (χ1n) is 6.60. The van der Waals surface area contributed by atoms with Crippen LogP contribution in [0.25, 0.3) is 11.0 Å². The molecule has 0 aliphatic heterocycles. The molecule has 104 valence electrons. The summed E-state index contributed by atoms with van der Waals surface area (Å²) in [6.45, 7) is 0.879. The first kappa shape index (κ1) is 14.2. The summed E-state index contributed by atoms with van der Waals surface area (Å²) in [5, 5.41) is 9.41. The van der Waals surface area contributed by atoms with Gasteiger partial charge < -0.3 is 15.4 Å². The quantitative estimate of drug-likeness (QED) is 0.604. The van der Waals surface area contributed by atoms with Crippen molar-refractivity contribution < 1.29 is 5.11 Å². The van der Waals surface area contributed by atoms with Crippen LogP contribution in [0.4, 0.5) is 5.69 Å². The number of anilines is 1. The van der Waals surface area contributed by atoms with E-state index in [4.69, 9.17) is 5.73 Å². The van der Waals surface area contributed by atoms with Crippen molar-refractivity contribution >= 4 is 28.5 Å². The van der Waals surface area contributed by atoms with Crippen LogP contribution in [0.2, 0.25) is 0 Å². The highest BCUT2D eigenvalue weighted by atomic mass is 32.2. The van der Waals surface area contributed by atoms with Crippen molar-refractivity contribution in [3.05, 3.63) is 24.0 Å². The van der Waals surface area contributed by atoms with Gasteiger partial charge in [0.1, 0.15) is 12.4 Å². The minimum atomic E-state index is -0.0284. The first-order valence-corrected chi connectivity index (χ1v) is 8.00. The number of fused-ring (bicyclic) bond motifs is 1. The number of thioether (sulfide) groups is 1. The molecule has 4 nitrogen and oxygen atoms in total. The van der Waals surface area contributed by atoms with Crippen LogP contribution in [0.3, 0.4) is 0 Å². The van der Waals surface area contributed by atoms with Gasteiger partial charge in [-0.05, 0) is 43.0 Å². The van der Waals surface area contributed by atoms with Gasteiger partial charge in [0.05, 0.1) is 11.0 Å². The maximum absolute atomic E-state index is 9.41. The summed E-state index contributed by atoms with van der Waals surface area (Å²) in [6.07, 6.45) is 5.70. The van der Waals surface area contributed by atoms with Gasteiger partial charge in [-0.1, -0.05) is 6.42 Å². The fourth-order valence-corrected chi connectivity index (χ4v) is 2.75. The number of nitrogen functional groups attached to an aromatic ring is 1. The van der Waals surface area contributed by atoms with E-state index in [1.165, 1.54) is 18.6 Å². The summed E-state index contributed by atoms with van der Waals surface area (Å²) in [6, 6.07) is 5.73. The molecule has 1 heterocycles. The molecular formula is C14H21N3OS. The average molecular weight is 279 g/mol. The average Bonchev–Trinajstić information content (AvgIpc) is 2.75. The molecule has 0 spiro atoms. The predicted octanol–water partition coefficient (Wildman–Crippen LogP) is 2.64. The molecule has 0 fully saturated rings. The summed E-state index contributed by atoms with van der Waals surface area (Å²) in [7, 11) is 0. The van der Waals surface area contributed by atoms with Crippen LogP contribution in [0.15, 0.2) is 18.2 Å². The standard InChI is InChI=1S/C14H21N3OS/c1-19-8-4-2-3-7-17-13-6-5-11(15)9-12(13)16-14(17)10-18/h5-6,9,18H,2-4,7-8,10,15H2,1H3.